The van der Waals surface area contributed by atoms with Gasteiger partial charge in [0.25, 0.3) is 0 Å². The first-order valence-corrected chi connectivity index (χ1v) is 20.1. The van der Waals surface area contributed by atoms with Gasteiger partial charge in [0.05, 0.1) is 55.0 Å². The van der Waals surface area contributed by atoms with Crippen molar-refractivity contribution >= 4 is 75.1 Å². The van der Waals surface area contributed by atoms with Gasteiger partial charge in [-0.15, -0.1) is 11.3 Å². The zero-order valence-electron chi connectivity index (χ0n) is 56.0. The lowest BCUT2D eigenvalue weighted by Gasteiger charge is -2.13. The van der Waals surface area contributed by atoms with Crippen molar-refractivity contribution in [3.63, 3.8) is 0 Å². The normalized spacial score (nSPS) is 17.1. The molecule has 5 nitrogen and oxygen atoms in total. The third-order valence-electron chi connectivity index (χ3n) is 10.7. The number of thiophene rings is 1. The summed E-state index contributed by atoms with van der Waals surface area (Å²) < 4.78 is 221. The Morgan fingerprint density at radius 3 is 1.49 bits per heavy atom. The molecule has 13 aromatic rings. The Morgan fingerprint density at radius 2 is 0.873 bits per heavy atom. The molecule has 4 heterocycles. The Morgan fingerprint density at radius 1 is 0.365 bits per heavy atom. The van der Waals surface area contributed by atoms with E-state index >= 15 is 0 Å². The summed E-state index contributed by atoms with van der Waals surface area (Å²) in [5, 5.41) is 0.246. The van der Waals surface area contributed by atoms with Crippen molar-refractivity contribution in [1.82, 2.24) is 24.1 Å². The molecule has 0 fully saturated rings. The number of rotatable bonds is 6. The van der Waals surface area contributed by atoms with Crippen LogP contribution >= 0.6 is 11.3 Å². The van der Waals surface area contributed by atoms with Crippen LogP contribution in [0.5, 0.6) is 0 Å². The topological polar surface area (TPSA) is 48.5 Å². The molecule has 0 saturated carbocycles. The van der Waals surface area contributed by atoms with E-state index in [1.807, 2.05) is 42.5 Å². The number of nitrogens with zero attached hydrogens (tertiary/aromatic N) is 5. The first kappa shape index (κ1) is 19.2. The van der Waals surface area contributed by atoms with Gasteiger partial charge in [-0.25, -0.2) is 0 Å². The van der Waals surface area contributed by atoms with Crippen molar-refractivity contribution in [2.24, 2.45) is 0 Å². The molecule has 0 saturated heterocycles. The quantitative estimate of drug-likeness (QED) is 0.167. The molecule has 0 aliphatic rings. The molecule has 0 radical (unpaired) electrons. The smallest absolute Gasteiger partial charge is 0.240 e. The molecule has 0 aliphatic heterocycles. The molecule has 6 heteroatoms. The van der Waals surface area contributed by atoms with Crippen LogP contribution < -0.4 is 0 Å². The third kappa shape index (κ3) is 5.73. The predicted octanol–water partition coefficient (Wildman–Crippen LogP) is 15.1. The fourth-order valence-corrected chi connectivity index (χ4v) is 9.12. The Hall–Kier alpha value is -8.19. The molecule has 0 N–H and O–H groups in total. The maximum Gasteiger partial charge on any atom is 0.240 e. The maximum atomic E-state index is 10.1. The third-order valence-corrected chi connectivity index (χ3v) is 11.9. The van der Waals surface area contributed by atoms with Gasteiger partial charge >= 0.3 is 0 Å². The standard InChI is InChI=1S/C57H35N5S/c1-3-14-36(15-4-1)40-30-32-45-46-33-31-41(37-16-5-2-6-17-37)35-52(46)62(51(45)34-40)57-59-55(58-56(60-57)61-49-23-10-7-18-43(49)44-19-8-11-24-50(44)61)39-28-26-38(27-29-39)42-21-13-22-48-47-20-9-12-25-53(47)63-54(42)48/h1-35H/i1D,2D,3D,4D,5D,6D,7D,8D,10D,11D,14D,15D,16D,17D,18D,19D,23D,24D,30D,31D,32D,33D,34D,35D. The summed E-state index contributed by atoms with van der Waals surface area (Å²) in [6.07, 6.45) is 0. The highest BCUT2D eigenvalue weighted by atomic mass is 32.1. The summed E-state index contributed by atoms with van der Waals surface area (Å²) in [6.45, 7) is 0. The van der Waals surface area contributed by atoms with Gasteiger partial charge in [0.2, 0.25) is 11.9 Å². The molecular weight excluding hydrogens is 787 g/mol. The monoisotopic (exact) mass is 845 g/mol. The van der Waals surface area contributed by atoms with Crippen LogP contribution in [0.1, 0.15) is 32.9 Å². The van der Waals surface area contributed by atoms with E-state index in [1.165, 1.54) is 0 Å². The molecule has 63 heavy (non-hydrogen) atoms. The van der Waals surface area contributed by atoms with Gasteiger partial charge in [-0.05, 0) is 63.6 Å². The van der Waals surface area contributed by atoms with Crippen LogP contribution in [0, 0.1) is 0 Å². The van der Waals surface area contributed by atoms with Crippen LogP contribution in [0.25, 0.3) is 120 Å². The van der Waals surface area contributed by atoms with Crippen molar-refractivity contribution in [2.45, 2.75) is 0 Å². The Bertz CT molecular complexity index is 5070. The van der Waals surface area contributed by atoms with E-state index < -0.39 is 212 Å². The summed E-state index contributed by atoms with van der Waals surface area (Å²) in [5.74, 6) is -1.66. The second-order valence-electron chi connectivity index (χ2n) is 14.2. The summed E-state index contributed by atoms with van der Waals surface area (Å²) in [5.41, 5.74) is -3.22. The first-order chi connectivity index (χ1) is 41.2. The van der Waals surface area contributed by atoms with E-state index in [2.05, 4.69) is 0 Å². The minimum atomic E-state index is -0.908. The number of aromatic nitrogens is 5. The minimum Gasteiger partial charge on any atom is -0.278 e. The van der Waals surface area contributed by atoms with Crippen molar-refractivity contribution in [3.8, 4) is 56.7 Å². The van der Waals surface area contributed by atoms with Gasteiger partial charge in [-0.1, -0.05) is 182 Å². The van der Waals surface area contributed by atoms with E-state index in [-0.39, 0.29) is 22.2 Å². The van der Waals surface area contributed by atoms with Gasteiger partial charge in [0, 0.05) is 47.3 Å². The van der Waals surface area contributed by atoms with Gasteiger partial charge in [0.15, 0.2) is 5.82 Å². The minimum absolute atomic E-state index is 0.179. The van der Waals surface area contributed by atoms with E-state index in [4.69, 9.17) is 36.9 Å². The van der Waals surface area contributed by atoms with Gasteiger partial charge in [-0.3, -0.25) is 9.13 Å². The molecule has 0 aliphatic carbocycles. The molecule has 4 aromatic heterocycles. The molecule has 0 atom stereocenters. The van der Waals surface area contributed by atoms with E-state index in [1.54, 1.807) is 35.6 Å². The zero-order chi connectivity index (χ0) is 62.3. The Labute approximate surface area is 400 Å². The van der Waals surface area contributed by atoms with Crippen LogP contribution in [0.15, 0.2) is 212 Å². The molecule has 0 unspecified atom stereocenters. The Kier molecular flexibility index (Phi) is 4.34. The van der Waals surface area contributed by atoms with Gasteiger partial charge in [-0.2, -0.15) is 15.0 Å². The van der Waals surface area contributed by atoms with E-state index in [0.29, 0.717) is 0 Å². The van der Waals surface area contributed by atoms with Crippen molar-refractivity contribution in [1.29, 1.82) is 0 Å². The summed E-state index contributed by atoms with van der Waals surface area (Å²) in [7, 11) is 0. The molecule has 13 rings (SSSR count). The fraction of sp³-hybridized carbons (Fsp3) is 0. The van der Waals surface area contributed by atoms with Crippen LogP contribution in [-0.2, 0) is 0 Å². The van der Waals surface area contributed by atoms with Crippen LogP contribution in [0.4, 0.5) is 0 Å². The molecule has 9 aromatic carbocycles. The molecule has 0 amide bonds. The van der Waals surface area contributed by atoms with Crippen LogP contribution in [0.2, 0.25) is 0 Å². The van der Waals surface area contributed by atoms with Gasteiger partial charge in [0.1, 0.15) is 0 Å². The number of fused-ring (bicyclic) bond motifs is 9. The highest BCUT2D eigenvalue weighted by Crippen LogP contribution is 2.41. The largest absolute Gasteiger partial charge is 0.278 e. The lowest BCUT2D eigenvalue weighted by molar-refractivity contribution is 0.893. The Balaban J connectivity index is 1.23. The van der Waals surface area contributed by atoms with Crippen LogP contribution in [-0.4, -0.2) is 24.1 Å². The number of hydrogen-bond donors (Lipinski definition) is 0. The predicted molar refractivity (Wildman–Crippen MR) is 263 cm³/mol. The molecule has 0 bridgehead atoms. The van der Waals surface area contributed by atoms with Crippen LogP contribution in [0.3, 0.4) is 0 Å². The van der Waals surface area contributed by atoms with Crippen molar-refractivity contribution in [3.05, 3.63) is 212 Å². The number of benzene rings is 9. The highest BCUT2D eigenvalue weighted by molar-refractivity contribution is 7.26. The molecule has 294 valence electrons. The second kappa shape index (κ2) is 14.2. The summed E-state index contributed by atoms with van der Waals surface area (Å²) in [4.78, 5) is 14.6. The van der Waals surface area contributed by atoms with Crippen molar-refractivity contribution < 1.29 is 32.9 Å². The van der Waals surface area contributed by atoms with E-state index in [9.17, 15) is 11.0 Å². The highest BCUT2D eigenvalue weighted by Gasteiger charge is 2.22. The van der Waals surface area contributed by atoms with E-state index in [0.717, 1.165) is 40.4 Å². The number of hydrogen-bond acceptors (Lipinski definition) is 4. The molecule has 0 spiro atoms. The fourth-order valence-electron chi connectivity index (χ4n) is 7.88. The summed E-state index contributed by atoms with van der Waals surface area (Å²) in [6, 6.07) is 0.498. The lowest BCUT2D eigenvalue weighted by atomic mass is 10.0. The first-order valence-electron chi connectivity index (χ1n) is 31.2. The zero-order valence-corrected chi connectivity index (χ0v) is 32.8. The van der Waals surface area contributed by atoms with Crippen molar-refractivity contribution in [2.75, 3.05) is 0 Å². The maximum absolute atomic E-state index is 10.1. The SMILES string of the molecule is [2H]c1c([2H])c([2H])c(-c2c([2H])c([2H])c3c4c([2H])c([2H])c(-c5c([2H])c([2H])c([2H])c([2H])c5[2H])c([2H])c4n(-c4nc(-c5ccc(-c6cccc7c6sc6ccccc67)cc5)nc(-n5c6c([2H])c([2H])c([2H])c([2H])c6c6c([2H])c([2H])c([2H])c([2H])c65)n4)c3c2[2H])c([2H])c1[2H]. The lowest BCUT2D eigenvalue weighted by Crippen LogP contribution is -2.10. The average molecular weight is 846 g/mol. The van der Waals surface area contributed by atoms with Gasteiger partial charge < -0.3 is 0 Å². The number of para-hydroxylation sites is 2. The molecular formula is C57H35N5S. The second-order valence-corrected chi connectivity index (χ2v) is 15.2. The summed E-state index contributed by atoms with van der Waals surface area (Å²) >= 11 is 1.59. The average Bonchev–Trinajstić information content (AvgIpc) is 1.67.